The summed E-state index contributed by atoms with van der Waals surface area (Å²) in [5.74, 6) is 0.611. The molecule has 96 valence electrons. The summed E-state index contributed by atoms with van der Waals surface area (Å²) in [7, 11) is 0. The lowest BCUT2D eigenvalue weighted by Gasteiger charge is -2.31. The van der Waals surface area contributed by atoms with Crippen LogP contribution in [0.3, 0.4) is 0 Å². The summed E-state index contributed by atoms with van der Waals surface area (Å²) in [6.07, 6.45) is 2.21. The molecule has 1 aliphatic rings. The van der Waals surface area contributed by atoms with E-state index in [1.807, 2.05) is 16.3 Å². The molecule has 2 N–H and O–H groups in total. The van der Waals surface area contributed by atoms with Crippen molar-refractivity contribution in [3.8, 4) is 0 Å². The van der Waals surface area contributed by atoms with Crippen LogP contribution >= 0.6 is 39.7 Å². The topological polar surface area (TPSA) is 46.3 Å². The van der Waals surface area contributed by atoms with Crippen molar-refractivity contribution in [3.63, 3.8) is 0 Å². The predicted octanol–water partition coefficient (Wildman–Crippen LogP) is 2.74. The van der Waals surface area contributed by atoms with E-state index in [-0.39, 0.29) is 18.3 Å². The number of hydrogen-bond donors (Lipinski definition) is 1. The van der Waals surface area contributed by atoms with E-state index in [2.05, 4.69) is 15.9 Å². The first-order chi connectivity index (χ1) is 7.70. The van der Waals surface area contributed by atoms with Crippen LogP contribution in [0.2, 0.25) is 0 Å². The van der Waals surface area contributed by atoms with Gasteiger partial charge in [-0.3, -0.25) is 4.79 Å². The Balaban J connectivity index is 0.00000144. The predicted molar refractivity (Wildman–Crippen MR) is 76.9 cm³/mol. The molecule has 1 fully saturated rings. The normalized spacial score (nSPS) is 19.9. The number of nitrogens with two attached hydrogens (primary N) is 1. The fourth-order valence-corrected chi connectivity index (χ4v) is 3.18. The molecule has 0 bridgehead atoms. The van der Waals surface area contributed by atoms with Gasteiger partial charge in [0.25, 0.3) is 5.91 Å². The number of carbonyl (C=O) groups is 1. The highest BCUT2D eigenvalue weighted by atomic mass is 79.9. The van der Waals surface area contributed by atoms with E-state index in [1.54, 1.807) is 11.3 Å². The van der Waals surface area contributed by atoms with Crippen LogP contribution in [-0.2, 0) is 0 Å². The number of halogens is 2. The van der Waals surface area contributed by atoms with E-state index in [4.69, 9.17) is 5.73 Å². The zero-order valence-corrected chi connectivity index (χ0v) is 12.6. The van der Waals surface area contributed by atoms with Crippen LogP contribution in [0.25, 0.3) is 0 Å². The molecule has 1 aliphatic heterocycles. The number of carbonyl (C=O) groups excluding carboxylic acids is 1. The summed E-state index contributed by atoms with van der Waals surface area (Å²) >= 11 is 4.93. The zero-order chi connectivity index (χ0) is 11.5. The van der Waals surface area contributed by atoms with Gasteiger partial charge < -0.3 is 10.6 Å². The Bertz CT molecular complexity index is 385. The number of amides is 1. The number of rotatable bonds is 2. The molecule has 2 heterocycles. The smallest absolute Gasteiger partial charge is 0.254 e. The summed E-state index contributed by atoms with van der Waals surface area (Å²) in [5, 5.41) is 1.90. The molecule has 1 atom stereocenters. The van der Waals surface area contributed by atoms with Gasteiger partial charge in [-0.25, -0.2) is 0 Å². The third-order valence-electron chi connectivity index (χ3n) is 2.95. The van der Waals surface area contributed by atoms with Crippen molar-refractivity contribution in [2.75, 3.05) is 19.6 Å². The standard InChI is InChI=1S/C11H15BrN2OS.ClH/c12-10-4-9(7-16-10)11(15)14-3-1-2-8(5-13)6-14;/h4,7-8H,1-3,5-6,13H2;1H. The third-order valence-corrected chi connectivity index (χ3v) is 4.46. The molecule has 2 rings (SSSR count). The van der Waals surface area contributed by atoms with Crippen LogP contribution < -0.4 is 5.73 Å². The first-order valence-corrected chi connectivity index (χ1v) is 7.11. The molecule has 0 spiro atoms. The number of likely N-dealkylation sites (tertiary alicyclic amines) is 1. The molecular formula is C11H16BrClN2OS. The quantitative estimate of drug-likeness (QED) is 0.900. The van der Waals surface area contributed by atoms with Crippen molar-refractivity contribution in [2.45, 2.75) is 12.8 Å². The van der Waals surface area contributed by atoms with Gasteiger partial charge in [0.05, 0.1) is 9.35 Å². The second-order valence-electron chi connectivity index (χ2n) is 4.13. The molecule has 1 saturated heterocycles. The molecular weight excluding hydrogens is 324 g/mol. The number of thiophene rings is 1. The number of nitrogens with zero attached hydrogens (tertiary/aromatic N) is 1. The third kappa shape index (κ3) is 3.68. The summed E-state index contributed by atoms with van der Waals surface area (Å²) in [6, 6.07) is 1.89. The number of hydrogen-bond acceptors (Lipinski definition) is 3. The Hall–Kier alpha value is -0.100. The summed E-state index contributed by atoms with van der Waals surface area (Å²) in [6.45, 7) is 2.35. The lowest BCUT2D eigenvalue weighted by molar-refractivity contribution is 0.0678. The van der Waals surface area contributed by atoms with Gasteiger partial charge in [0.2, 0.25) is 0 Å². The maximum absolute atomic E-state index is 12.1. The van der Waals surface area contributed by atoms with Gasteiger partial charge in [0, 0.05) is 18.5 Å². The van der Waals surface area contributed by atoms with Gasteiger partial charge in [-0.15, -0.1) is 23.7 Å². The molecule has 1 aromatic rings. The van der Waals surface area contributed by atoms with E-state index in [1.165, 1.54) is 0 Å². The molecule has 0 radical (unpaired) electrons. The summed E-state index contributed by atoms with van der Waals surface area (Å²) < 4.78 is 1.00. The molecule has 0 aliphatic carbocycles. The SMILES string of the molecule is Cl.NCC1CCCN(C(=O)c2csc(Br)c2)C1. The Morgan fingerprint density at radius 2 is 2.41 bits per heavy atom. The maximum Gasteiger partial charge on any atom is 0.254 e. The van der Waals surface area contributed by atoms with Crippen LogP contribution in [0.5, 0.6) is 0 Å². The van der Waals surface area contributed by atoms with Crippen LogP contribution in [0, 0.1) is 5.92 Å². The maximum atomic E-state index is 12.1. The van der Waals surface area contributed by atoms with Crippen LogP contribution in [0.4, 0.5) is 0 Å². The van der Waals surface area contributed by atoms with Crippen LogP contribution in [-0.4, -0.2) is 30.4 Å². The Kier molecular flexibility index (Phi) is 5.92. The second kappa shape index (κ2) is 6.73. The highest BCUT2D eigenvalue weighted by molar-refractivity contribution is 9.11. The van der Waals surface area contributed by atoms with E-state index in [0.717, 1.165) is 35.3 Å². The molecule has 0 aromatic carbocycles. The largest absolute Gasteiger partial charge is 0.338 e. The highest BCUT2D eigenvalue weighted by Crippen LogP contribution is 2.23. The average Bonchev–Trinajstić information content (AvgIpc) is 2.75. The Morgan fingerprint density at radius 3 is 3.00 bits per heavy atom. The van der Waals surface area contributed by atoms with E-state index in [9.17, 15) is 4.79 Å². The number of piperidine rings is 1. The molecule has 1 unspecified atom stereocenters. The first kappa shape index (κ1) is 15.0. The van der Waals surface area contributed by atoms with Crippen LogP contribution in [0.15, 0.2) is 15.2 Å². The average molecular weight is 340 g/mol. The van der Waals surface area contributed by atoms with Gasteiger partial charge in [-0.1, -0.05) is 0 Å². The second-order valence-corrected chi connectivity index (χ2v) is 6.43. The van der Waals surface area contributed by atoms with Crippen molar-refractivity contribution >= 4 is 45.6 Å². The van der Waals surface area contributed by atoms with Gasteiger partial charge in [0.15, 0.2) is 0 Å². The molecule has 6 heteroatoms. The molecule has 1 aromatic heterocycles. The van der Waals surface area contributed by atoms with Crippen LogP contribution in [0.1, 0.15) is 23.2 Å². The minimum atomic E-state index is 0. The van der Waals surface area contributed by atoms with E-state index >= 15 is 0 Å². The van der Waals surface area contributed by atoms with Crippen molar-refractivity contribution in [1.29, 1.82) is 0 Å². The van der Waals surface area contributed by atoms with Crippen molar-refractivity contribution in [3.05, 3.63) is 20.8 Å². The summed E-state index contributed by atoms with van der Waals surface area (Å²) in [5.41, 5.74) is 6.45. The van der Waals surface area contributed by atoms with Crippen molar-refractivity contribution in [2.24, 2.45) is 11.7 Å². The van der Waals surface area contributed by atoms with Gasteiger partial charge in [-0.2, -0.15) is 0 Å². The fourth-order valence-electron chi connectivity index (χ4n) is 2.05. The lowest BCUT2D eigenvalue weighted by Crippen LogP contribution is -2.41. The molecule has 3 nitrogen and oxygen atoms in total. The summed E-state index contributed by atoms with van der Waals surface area (Å²) in [4.78, 5) is 14.1. The van der Waals surface area contributed by atoms with Crippen molar-refractivity contribution in [1.82, 2.24) is 4.90 Å². The monoisotopic (exact) mass is 338 g/mol. The van der Waals surface area contributed by atoms with Gasteiger partial charge in [0.1, 0.15) is 0 Å². The van der Waals surface area contributed by atoms with Crippen molar-refractivity contribution < 1.29 is 4.79 Å². The zero-order valence-electron chi connectivity index (χ0n) is 9.39. The Morgan fingerprint density at radius 1 is 1.65 bits per heavy atom. The van der Waals surface area contributed by atoms with Gasteiger partial charge in [-0.05, 0) is 47.3 Å². The first-order valence-electron chi connectivity index (χ1n) is 5.44. The lowest BCUT2D eigenvalue weighted by atomic mass is 9.98. The molecule has 17 heavy (non-hydrogen) atoms. The van der Waals surface area contributed by atoms with E-state index < -0.39 is 0 Å². The van der Waals surface area contributed by atoms with Gasteiger partial charge >= 0.3 is 0 Å². The molecule has 1 amide bonds. The highest BCUT2D eigenvalue weighted by Gasteiger charge is 2.24. The minimum absolute atomic E-state index is 0. The Labute approximate surface area is 120 Å². The van der Waals surface area contributed by atoms with E-state index in [0.29, 0.717) is 12.5 Å². The molecule has 0 saturated carbocycles. The minimum Gasteiger partial charge on any atom is -0.338 e. The fraction of sp³-hybridized carbons (Fsp3) is 0.545.